The molecule has 26 nitrogen and oxygen atoms in total. The normalized spacial score (nSPS) is 11.0. The Morgan fingerprint density at radius 2 is 0.633 bits per heavy atom. The Hall–Kier alpha value is -6.42. The summed E-state index contributed by atoms with van der Waals surface area (Å²) in [5.74, 6) is 0.0146. The van der Waals surface area contributed by atoms with Crippen LogP contribution in [0.5, 0.6) is 0 Å². The molecule has 0 fully saturated rings. The molecule has 0 aliphatic heterocycles. The van der Waals surface area contributed by atoms with Crippen molar-refractivity contribution in [3.05, 3.63) is 355 Å². The van der Waals surface area contributed by atoms with Gasteiger partial charge in [0.05, 0.1) is 43.5 Å². The van der Waals surface area contributed by atoms with Crippen molar-refractivity contribution in [2.45, 2.75) is 57.5 Å². The number of hydrogen-bond acceptors (Lipinski definition) is 18. The van der Waals surface area contributed by atoms with E-state index in [9.17, 15) is 75.8 Å². The molecule has 0 unspecified atom stereocenters. The summed E-state index contributed by atoms with van der Waals surface area (Å²) in [5.41, 5.74) is 7.09. The average Bonchev–Trinajstić information content (AvgIpc) is 0.788. The first-order valence-corrected chi connectivity index (χ1v) is 49.7. The van der Waals surface area contributed by atoms with Crippen molar-refractivity contribution < 1.29 is 200 Å². The molecule has 0 bridgehead atoms. The molecule has 0 aliphatic carbocycles. The molecular weight excluding hydrogens is 2100 g/mol. The monoisotopic (exact) mass is 2190 g/mol. The molecule has 0 aliphatic rings. The van der Waals surface area contributed by atoms with Crippen molar-refractivity contribution in [1.29, 1.82) is 0 Å². The summed E-state index contributed by atoms with van der Waals surface area (Å²) >= 11 is 0. The van der Waals surface area contributed by atoms with Crippen LogP contribution in [0.2, 0.25) is 0 Å². The second-order valence-electron chi connectivity index (χ2n) is 24.6. The Morgan fingerprint density at radius 3 is 1.01 bits per heavy atom. The molecule has 38 heteroatoms. The van der Waals surface area contributed by atoms with Gasteiger partial charge in [-0.1, -0.05) is 224 Å². The maximum Gasteiger partial charge on any atom is 0.262 e. The third kappa shape index (κ3) is 45.8. The molecule has 0 saturated heterocycles. The van der Waals surface area contributed by atoms with Crippen LogP contribution in [0.25, 0.3) is 10.8 Å². The molecule has 3 radical (unpaired) electrons. The van der Waals surface area contributed by atoms with Gasteiger partial charge >= 0.3 is 0 Å². The van der Waals surface area contributed by atoms with Crippen molar-refractivity contribution in [1.82, 2.24) is 18.9 Å². The first-order valence-electron chi connectivity index (χ1n) is 34.6. The van der Waals surface area contributed by atoms with Gasteiger partial charge in [-0.25, -0.2) is 94.6 Å². The van der Waals surface area contributed by atoms with Gasteiger partial charge in [0, 0.05) is 165 Å². The Balaban J connectivity index is 0.000000689. The van der Waals surface area contributed by atoms with E-state index in [1.807, 2.05) is 142 Å². The smallest absolute Gasteiger partial charge is 0.262 e. The summed E-state index contributed by atoms with van der Waals surface area (Å²) in [6.45, 7) is 6.14. The van der Waals surface area contributed by atoms with Gasteiger partial charge in [-0.05, 0) is 148 Å². The zero-order chi connectivity index (χ0) is 87.0. The van der Waals surface area contributed by atoms with Crippen LogP contribution >= 0.6 is 0 Å². The second kappa shape index (κ2) is 55.0. The Morgan fingerprint density at radius 1 is 0.317 bits per heavy atom. The summed E-state index contributed by atoms with van der Waals surface area (Å²) in [6, 6.07) is 97.1. The second-order valence-corrected chi connectivity index (χ2v) is 41.2. The van der Waals surface area contributed by atoms with E-state index >= 15 is 0 Å². The number of sulfone groups is 1. The molecule has 8 N–H and O–H groups in total. The van der Waals surface area contributed by atoms with Gasteiger partial charge in [0.2, 0.25) is 40.1 Å². The quantitative estimate of drug-likeness (QED) is 0.0310. The molecule has 0 aromatic heterocycles. The zero-order valence-electron chi connectivity index (χ0n) is 67.1. The first-order chi connectivity index (χ1) is 54.9. The molecule has 0 atom stereocenters. The maximum absolute atomic E-state index is 12.5. The molecule has 0 amide bonds. The fourth-order valence-electron chi connectivity index (χ4n) is 9.23. The molecule has 635 valence electrons. The van der Waals surface area contributed by atoms with Crippen LogP contribution in [-0.4, -0.2) is 122 Å². The Bertz CT molecular complexity index is 6040. The van der Waals surface area contributed by atoms with Gasteiger partial charge in [-0.3, -0.25) is 23.8 Å². The number of sulfonamides is 8. The minimum absolute atomic E-state index is 0. The Labute approximate surface area is 809 Å². The van der Waals surface area contributed by atoms with E-state index in [4.69, 9.17) is 0 Å². The number of hydrogen-bond donors (Lipinski definition) is 8. The van der Waals surface area contributed by atoms with E-state index in [0.29, 0.717) is 39.1 Å². The molecule has 12 aromatic carbocycles. The summed E-state index contributed by atoms with van der Waals surface area (Å²) < 4.78 is 221. The maximum atomic E-state index is 12.5. The number of nitrogens with one attached hydrogen (secondary N) is 8. The number of benzene rings is 12. The number of aryl methyl sites for hydroxylation is 3. The van der Waals surface area contributed by atoms with Gasteiger partial charge in [-0.15, -0.1) is 0 Å². The fourth-order valence-corrected chi connectivity index (χ4v) is 15.9. The topological polar surface area (TPSA) is 403 Å². The summed E-state index contributed by atoms with van der Waals surface area (Å²) in [7, 11) is -25.1. The standard InChI is InChI=1S/C16H13NO2S.C15H17NO2S.C14H15NO2S.C12H11NO2S.2C7H9NO2S.C7H6NO2S.C2H7NO2S.C2H6O2S.3Pr/c18-20(19,17-14-9-2-1-3-10-14)16-12-6-8-13-7-4-5-11-15(13)16;1-11-9-12(2)15(13(3)10-11)16-19(17,18)14-7-5-4-6-8-14;16-18(17,12-14-9-5-2-6-10-14)15-11-13-7-3-1-4-8-13;14-16(15,12-9-5-2-6-10-12)13-11-7-3-1-4-8-11;1-11(9,10)8-7-5-3-2-4-6-7;2*1-8-11(9,10)7-5-3-2-4-6-7;1-3-6(2,4)5;1-5(2,3)4;;;/h1-12,17H;4-10,16H,1-3H3;1-10,15H,11-12H2;1-10,13H;2*2-6,8H,1H3;3-4,8H,1H3;3H,1-2H3;1-2H3;;;/q;;;;;;-3;;;;;. The minimum atomic E-state index is -3.59. The van der Waals surface area contributed by atoms with E-state index < -0.39 is 90.0 Å². The number of anilines is 4. The number of rotatable bonds is 21. The predicted octanol–water partition coefficient (Wildman–Crippen LogP) is 12.3. The van der Waals surface area contributed by atoms with Crippen LogP contribution in [0.1, 0.15) is 27.8 Å². The van der Waals surface area contributed by atoms with Gasteiger partial charge in [0.15, 0.2) is 10.0 Å². The largest absolute Gasteiger partial charge is 0.545 e. The summed E-state index contributed by atoms with van der Waals surface area (Å²) in [4.78, 5) is 1.13. The molecule has 12 aromatic rings. The van der Waals surface area contributed by atoms with Crippen LogP contribution in [0.4, 0.5) is 22.7 Å². The SMILES string of the molecule is CNS(=O)(=O)c1[c-]c[c-]c[c-]1.CNS(=O)(=O)c1ccccc1.CNS(C)(=O)=O.CS(=O)(=O)Nc1ccccc1.CS(C)(=O)=O.Cc1cc(C)c(NS(=O)(=O)c2ccccc2)c(C)c1.O=S(=O)(Cc1ccccc1)NCc1ccccc1.O=S(=O)(Nc1ccccc1)c1cccc2ccccc12.O=S(=O)(Nc1ccccc1)c1ccccc1.[Pr].[Pr].[Pr]. The van der Waals surface area contributed by atoms with E-state index in [2.05, 4.69) is 56.0 Å². The van der Waals surface area contributed by atoms with Crippen molar-refractivity contribution in [2.75, 3.05) is 65.1 Å². The fraction of sp³-hybridized carbons (Fsp3) is 0.146. The first kappa shape index (κ1) is 112. The van der Waals surface area contributed by atoms with Crippen molar-refractivity contribution in [3.63, 3.8) is 0 Å². The molecular formula is C82H93N8O18Pr3S9-3. The number of para-hydroxylation sites is 3. The molecule has 0 heterocycles. The third-order valence-electron chi connectivity index (χ3n) is 14.5. The van der Waals surface area contributed by atoms with Crippen LogP contribution in [0.15, 0.2) is 334 Å². The van der Waals surface area contributed by atoms with Crippen molar-refractivity contribution in [3.8, 4) is 0 Å². The van der Waals surface area contributed by atoms with Gasteiger partial charge in [0.1, 0.15) is 9.84 Å². The predicted molar refractivity (Wildman–Crippen MR) is 467 cm³/mol. The van der Waals surface area contributed by atoms with Crippen LogP contribution < -0.4 is 37.8 Å². The van der Waals surface area contributed by atoms with Gasteiger partial charge in [0.25, 0.3) is 30.1 Å². The molecule has 12 rings (SSSR count). The van der Waals surface area contributed by atoms with Gasteiger partial charge in [-0.2, -0.15) is 0 Å². The van der Waals surface area contributed by atoms with E-state index in [-0.39, 0.29) is 144 Å². The molecule has 0 spiro atoms. The average molecular weight is 2190 g/mol. The molecule has 120 heavy (non-hydrogen) atoms. The van der Waals surface area contributed by atoms with Crippen molar-refractivity contribution in [2.24, 2.45) is 0 Å². The third-order valence-corrected chi connectivity index (χ3v) is 24.1. The van der Waals surface area contributed by atoms with Crippen LogP contribution in [0.3, 0.4) is 0 Å². The molecule has 0 saturated carbocycles. The minimum Gasteiger partial charge on any atom is -0.545 e. The summed E-state index contributed by atoms with van der Waals surface area (Å²) in [5, 5.41) is 1.63. The van der Waals surface area contributed by atoms with Crippen LogP contribution in [0, 0.1) is 163 Å². The van der Waals surface area contributed by atoms with E-state index in [1.54, 1.807) is 176 Å². The summed E-state index contributed by atoms with van der Waals surface area (Å²) in [6.07, 6.45) is 4.55. The van der Waals surface area contributed by atoms with Crippen LogP contribution in [-0.2, 0) is 102 Å². The Kier molecular flexibility index (Phi) is 51.2. The van der Waals surface area contributed by atoms with E-state index in [1.165, 1.54) is 33.3 Å². The number of fused-ring (bicyclic) bond motifs is 1. The van der Waals surface area contributed by atoms with Crippen molar-refractivity contribution >= 4 is 124 Å². The zero-order valence-corrected chi connectivity index (χ0v) is 85.6. The van der Waals surface area contributed by atoms with Gasteiger partial charge < -0.3 is 30.3 Å². The van der Waals surface area contributed by atoms with E-state index in [0.717, 1.165) is 63.6 Å².